The van der Waals surface area contributed by atoms with Crippen LogP contribution in [0.2, 0.25) is 5.02 Å². The Morgan fingerprint density at radius 3 is 1.48 bits per heavy atom. The van der Waals surface area contributed by atoms with Gasteiger partial charge in [-0.15, -0.1) is 0 Å². The van der Waals surface area contributed by atoms with Crippen LogP contribution in [0, 0.1) is 11.8 Å². The zero-order valence-electron chi connectivity index (χ0n) is 26.2. The van der Waals surface area contributed by atoms with E-state index in [4.69, 9.17) is 21.1 Å². The molecule has 4 N–H and O–H groups in total. The Morgan fingerprint density at radius 1 is 0.640 bits per heavy atom. The first-order valence-electron chi connectivity index (χ1n) is 15.4. The van der Waals surface area contributed by atoms with E-state index in [-0.39, 0.29) is 47.1 Å². The van der Waals surface area contributed by atoms with Crippen molar-refractivity contribution in [2.75, 3.05) is 10.6 Å². The molecule has 0 aromatic heterocycles. The highest BCUT2D eigenvalue weighted by atomic mass is 79.9. The molecular formula is C36H30Br3ClN2O8. The summed E-state index contributed by atoms with van der Waals surface area (Å²) in [5, 5.41) is 24.8. The van der Waals surface area contributed by atoms with Gasteiger partial charge in [-0.05, 0) is 86.3 Å². The van der Waals surface area contributed by atoms with Crippen molar-refractivity contribution in [2.24, 2.45) is 11.8 Å². The lowest BCUT2D eigenvalue weighted by molar-refractivity contribution is -0.118. The van der Waals surface area contributed by atoms with Crippen LogP contribution in [0.15, 0.2) is 86.2 Å². The molecule has 0 heterocycles. The number of hydrogen-bond donors (Lipinski definition) is 4. The fourth-order valence-electron chi connectivity index (χ4n) is 4.56. The van der Waals surface area contributed by atoms with Gasteiger partial charge >= 0.3 is 11.9 Å². The first-order chi connectivity index (χ1) is 23.9. The maximum atomic E-state index is 11.9. The number of rotatable bonds is 12. The second-order valence-corrected chi connectivity index (χ2v) is 14.7. The average Bonchev–Trinajstić information content (AvgIpc) is 3.99. The summed E-state index contributed by atoms with van der Waals surface area (Å²) in [4.78, 5) is 46.7. The van der Waals surface area contributed by atoms with Crippen molar-refractivity contribution in [3.8, 4) is 11.5 Å². The van der Waals surface area contributed by atoms with Gasteiger partial charge in [0.1, 0.15) is 24.7 Å². The molecule has 2 fully saturated rings. The summed E-state index contributed by atoms with van der Waals surface area (Å²) in [7, 11) is 0. The van der Waals surface area contributed by atoms with Crippen molar-refractivity contribution in [1.29, 1.82) is 0 Å². The number of amides is 2. The summed E-state index contributed by atoms with van der Waals surface area (Å²) < 4.78 is 14.0. The zero-order chi connectivity index (χ0) is 35.9. The van der Waals surface area contributed by atoms with Gasteiger partial charge in [0.15, 0.2) is 0 Å². The minimum absolute atomic E-state index is 0.000161. The van der Waals surface area contributed by atoms with Crippen LogP contribution in [-0.2, 0) is 22.8 Å². The number of benzene rings is 4. The van der Waals surface area contributed by atoms with E-state index in [2.05, 4.69) is 58.4 Å². The quantitative estimate of drug-likeness (QED) is 0.110. The fraction of sp³-hybridized carbons (Fsp3) is 0.222. The summed E-state index contributed by atoms with van der Waals surface area (Å²) in [5.74, 6) is -1.66. The van der Waals surface area contributed by atoms with Crippen molar-refractivity contribution in [1.82, 2.24) is 0 Å². The van der Waals surface area contributed by atoms with E-state index in [1.54, 1.807) is 36.4 Å². The molecule has 2 amide bonds. The topological polar surface area (TPSA) is 151 Å². The van der Waals surface area contributed by atoms with Gasteiger partial charge in [0, 0.05) is 41.4 Å². The average molecular weight is 894 g/mol. The molecule has 50 heavy (non-hydrogen) atoms. The highest BCUT2D eigenvalue weighted by Gasteiger charge is 2.31. The summed E-state index contributed by atoms with van der Waals surface area (Å²) in [6, 6.07) is 20.3. The molecule has 2 aliphatic rings. The molecule has 0 aliphatic heterocycles. The molecule has 0 bridgehead atoms. The van der Waals surface area contributed by atoms with E-state index in [1.807, 2.05) is 24.3 Å². The maximum absolute atomic E-state index is 11.9. The van der Waals surface area contributed by atoms with E-state index in [0.717, 1.165) is 50.2 Å². The third-order valence-electron chi connectivity index (χ3n) is 7.67. The summed E-state index contributed by atoms with van der Waals surface area (Å²) in [5.41, 5.74) is 2.41. The lowest BCUT2D eigenvalue weighted by Gasteiger charge is -2.12. The lowest BCUT2D eigenvalue weighted by Crippen LogP contribution is -2.16. The molecular weight excluding hydrogens is 864 g/mol. The maximum Gasteiger partial charge on any atom is 0.337 e. The predicted molar refractivity (Wildman–Crippen MR) is 199 cm³/mol. The molecule has 10 nitrogen and oxygen atoms in total. The number of carbonyl (C=O) groups excluding carboxylic acids is 2. The monoisotopic (exact) mass is 890 g/mol. The van der Waals surface area contributed by atoms with Crippen LogP contribution in [0.25, 0.3) is 0 Å². The Labute approximate surface area is 317 Å². The second kappa shape index (κ2) is 16.9. The minimum atomic E-state index is -1.12. The SMILES string of the molecule is O=C(O)c1cc(OCc2ccc(Br)cc2Br)ccc1NC(=O)C1CC1.O=C(O)c1cc(OCc2ccc(Cl)cc2Br)ccc1NC(=O)C1CC1. The van der Waals surface area contributed by atoms with Crippen LogP contribution >= 0.6 is 59.4 Å². The second-order valence-electron chi connectivity index (χ2n) is 11.6. The number of carbonyl (C=O) groups is 4. The molecule has 0 unspecified atom stereocenters. The molecule has 0 saturated heterocycles. The normalized spacial score (nSPS) is 13.4. The number of anilines is 2. The van der Waals surface area contributed by atoms with Gasteiger partial charge in [0.05, 0.1) is 22.5 Å². The van der Waals surface area contributed by atoms with Crippen molar-refractivity contribution in [3.05, 3.63) is 113 Å². The Morgan fingerprint density at radius 2 is 1.08 bits per heavy atom. The molecule has 0 radical (unpaired) electrons. The van der Waals surface area contributed by atoms with Crippen molar-refractivity contribution in [2.45, 2.75) is 38.9 Å². The van der Waals surface area contributed by atoms with Crippen LogP contribution in [0.4, 0.5) is 11.4 Å². The highest BCUT2D eigenvalue weighted by Crippen LogP contribution is 2.33. The summed E-state index contributed by atoms with van der Waals surface area (Å²) in [6.45, 7) is 0.547. The number of nitrogens with one attached hydrogen (secondary N) is 2. The van der Waals surface area contributed by atoms with Gasteiger partial charge in [-0.2, -0.15) is 0 Å². The third-order valence-corrected chi connectivity index (χ3v) is 9.88. The first-order valence-corrected chi connectivity index (χ1v) is 18.1. The van der Waals surface area contributed by atoms with Crippen LogP contribution in [0.3, 0.4) is 0 Å². The molecule has 6 rings (SSSR count). The standard InChI is InChI=1S/C18H15Br2NO4.C18H15BrClNO4/c19-12-4-3-11(15(20)7-12)9-25-13-5-6-16(14(8-13)18(23)24)21-17(22)10-1-2-10;19-15-7-12(20)4-3-11(15)9-25-13-5-6-16(14(8-13)18(23)24)21-17(22)10-1-2-10/h2*3-8,10H,1-2,9H2,(H,21,22)(H,23,24). The molecule has 260 valence electrons. The van der Waals surface area contributed by atoms with Crippen molar-refractivity contribution < 1.29 is 38.9 Å². The first kappa shape index (κ1) is 37.3. The third kappa shape index (κ3) is 10.5. The highest BCUT2D eigenvalue weighted by molar-refractivity contribution is 9.11. The largest absolute Gasteiger partial charge is 0.489 e. The van der Waals surface area contributed by atoms with Crippen molar-refractivity contribution >= 4 is 94.5 Å². The van der Waals surface area contributed by atoms with Gasteiger partial charge in [-0.1, -0.05) is 71.5 Å². The van der Waals surface area contributed by atoms with Crippen LogP contribution < -0.4 is 20.1 Å². The Kier molecular flexibility index (Phi) is 12.6. The number of hydrogen-bond acceptors (Lipinski definition) is 6. The Hall–Kier alpha value is -3.91. The molecule has 2 aliphatic carbocycles. The van der Waals surface area contributed by atoms with E-state index in [9.17, 15) is 29.4 Å². The number of aromatic carboxylic acids is 2. The van der Waals surface area contributed by atoms with Gasteiger partial charge in [-0.3, -0.25) is 9.59 Å². The molecule has 4 aromatic carbocycles. The molecule has 0 atom stereocenters. The Balaban J connectivity index is 0.000000194. The van der Waals surface area contributed by atoms with Gasteiger partial charge in [0.25, 0.3) is 0 Å². The van der Waals surface area contributed by atoms with Crippen LogP contribution in [0.5, 0.6) is 11.5 Å². The van der Waals surface area contributed by atoms with Gasteiger partial charge in [-0.25, -0.2) is 9.59 Å². The van der Waals surface area contributed by atoms with Crippen LogP contribution in [0.1, 0.15) is 57.5 Å². The number of ether oxygens (including phenoxy) is 2. The smallest absolute Gasteiger partial charge is 0.337 e. The van der Waals surface area contributed by atoms with E-state index < -0.39 is 11.9 Å². The number of carboxylic acids is 2. The van der Waals surface area contributed by atoms with Gasteiger partial charge < -0.3 is 30.3 Å². The van der Waals surface area contributed by atoms with Gasteiger partial charge in [0.2, 0.25) is 11.8 Å². The molecule has 2 saturated carbocycles. The minimum Gasteiger partial charge on any atom is -0.489 e. The van der Waals surface area contributed by atoms with E-state index >= 15 is 0 Å². The fourth-order valence-corrected chi connectivity index (χ4v) is 6.52. The predicted octanol–water partition coefficient (Wildman–Crippen LogP) is 9.57. The van der Waals surface area contributed by atoms with E-state index in [0.29, 0.717) is 28.8 Å². The number of halogens is 4. The van der Waals surface area contributed by atoms with Crippen molar-refractivity contribution in [3.63, 3.8) is 0 Å². The summed E-state index contributed by atoms with van der Waals surface area (Å²) in [6.07, 6.45) is 3.42. The Bertz CT molecular complexity index is 1810. The lowest BCUT2D eigenvalue weighted by atomic mass is 10.1. The van der Waals surface area contributed by atoms with Crippen LogP contribution in [-0.4, -0.2) is 34.0 Å². The number of carboxylic acid groups (broad SMARTS) is 2. The molecule has 4 aromatic rings. The molecule has 14 heteroatoms. The van der Waals surface area contributed by atoms with E-state index in [1.165, 1.54) is 12.1 Å². The zero-order valence-corrected chi connectivity index (χ0v) is 31.7. The molecule has 0 spiro atoms. The summed E-state index contributed by atoms with van der Waals surface area (Å²) >= 11 is 16.2.